The number of morpholine rings is 1. The molecule has 2 aliphatic heterocycles. The summed E-state index contributed by atoms with van der Waals surface area (Å²) in [6.45, 7) is 7.50. The third kappa shape index (κ3) is 3.72. The van der Waals surface area contributed by atoms with Crippen LogP contribution < -0.4 is 16.0 Å². The predicted molar refractivity (Wildman–Crippen MR) is 113 cm³/mol. The molecular weight excluding hydrogens is 366 g/mol. The summed E-state index contributed by atoms with van der Waals surface area (Å²) in [6, 6.07) is 11.9. The fraction of sp³-hybridized carbons (Fsp3) is 0.391. The van der Waals surface area contributed by atoms with Crippen LogP contribution >= 0.6 is 0 Å². The Morgan fingerprint density at radius 1 is 1.24 bits per heavy atom. The molecule has 0 aromatic heterocycles. The van der Waals surface area contributed by atoms with Crippen LogP contribution in [0.15, 0.2) is 36.4 Å². The van der Waals surface area contributed by atoms with Gasteiger partial charge in [-0.3, -0.25) is 9.59 Å². The molecule has 2 aliphatic rings. The van der Waals surface area contributed by atoms with Crippen LogP contribution in [0.5, 0.6) is 0 Å². The average Bonchev–Trinajstić information content (AvgIpc) is 2.73. The fourth-order valence-corrected chi connectivity index (χ4v) is 4.39. The lowest BCUT2D eigenvalue weighted by Crippen LogP contribution is -2.36. The van der Waals surface area contributed by atoms with Crippen LogP contribution in [-0.2, 0) is 14.9 Å². The number of anilines is 2. The molecule has 6 heteroatoms. The Hall–Kier alpha value is -2.86. The summed E-state index contributed by atoms with van der Waals surface area (Å²) < 4.78 is 5.46. The van der Waals surface area contributed by atoms with Gasteiger partial charge in [0, 0.05) is 24.3 Å². The number of nitrogens with one attached hydrogen (secondary N) is 1. The Morgan fingerprint density at radius 2 is 2.00 bits per heavy atom. The number of ether oxygens (including phenoxy) is 1. The summed E-state index contributed by atoms with van der Waals surface area (Å²) in [5.41, 5.74) is 10.1. The van der Waals surface area contributed by atoms with Gasteiger partial charge in [-0.1, -0.05) is 26.0 Å². The van der Waals surface area contributed by atoms with Gasteiger partial charge in [-0.2, -0.15) is 0 Å². The zero-order chi connectivity index (χ0) is 20.6. The van der Waals surface area contributed by atoms with Gasteiger partial charge in [-0.25, -0.2) is 0 Å². The molecule has 0 saturated carbocycles. The fourth-order valence-electron chi connectivity index (χ4n) is 4.39. The van der Waals surface area contributed by atoms with Gasteiger partial charge in [-0.05, 0) is 47.2 Å². The molecule has 3 N–H and O–H groups in total. The Kier molecular flexibility index (Phi) is 5.04. The van der Waals surface area contributed by atoms with Crippen LogP contribution in [0.2, 0.25) is 0 Å². The monoisotopic (exact) mass is 392 g/mol. The number of nitrogens with two attached hydrogens (primary N) is 1. The van der Waals surface area contributed by atoms with E-state index in [-0.39, 0.29) is 11.5 Å². The Labute approximate surface area is 171 Å². The number of hydrogen-bond donors (Lipinski definition) is 2. The summed E-state index contributed by atoms with van der Waals surface area (Å²) in [5, 5.41) is 3.53. The van der Waals surface area contributed by atoms with Crippen molar-refractivity contribution < 1.29 is 14.3 Å². The quantitative estimate of drug-likeness (QED) is 0.836. The lowest BCUT2D eigenvalue weighted by Gasteiger charge is -2.40. The van der Waals surface area contributed by atoms with E-state index >= 15 is 0 Å². The van der Waals surface area contributed by atoms with E-state index in [9.17, 15) is 9.59 Å². The van der Waals surface area contributed by atoms with E-state index in [0.29, 0.717) is 11.1 Å². The third-order valence-electron chi connectivity index (χ3n) is 5.93. The maximum absolute atomic E-state index is 12.1. The van der Waals surface area contributed by atoms with Crippen molar-refractivity contribution in [1.29, 1.82) is 0 Å². The molecule has 1 amide bonds. The van der Waals surface area contributed by atoms with Gasteiger partial charge in [0.05, 0.1) is 30.5 Å². The number of benzene rings is 2. The molecule has 1 atom stereocenters. The maximum Gasteiger partial charge on any atom is 0.250 e. The first-order valence-corrected chi connectivity index (χ1v) is 9.95. The summed E-state index contributed by atoms with van der Waals surface area (Å²) >= 11 is 0. The molecule has 2 heterocycles. The predicted octanol–water partition coefficient (Wildman–Crippen LogP) is 2.91. The van der Waals surface area contributed by atoms with Gasteiger partial charge in [0.1, 0.15) is 0 Å². The summed E-state index contributed by atoms with van der Waals surface area (Å²) in [4.78, 5) is 25.7. The van der Waals surface area contributed by atoms with Crippen molar-refractivity contribution in [2.24, 2.45) is 5.73 Å². The number of carbonyl (C=O) groups excluding carboxylic acids is 2. The molecule has 151 valence electrons. The highest BCUT2D eigenvalue weighted by molar-refractivity contribution is 6.01. The second-order valence-electron chi connectivity index (χ2n) is 8.39. The van der Waals surface area contributed by atoms with E-state index in [1.807, 2.05) is 12.4 Å². The first-order chi connectivity index (χ1) is 13.9. The van der Waals surface area contributed by atoms with Crippen molar-refractivity contribution in [2.75, 3.05) is 36.5 Å². The molecule has 2 aromatic rings. The first-order valence-electron chi connectivity index (χ1n) is 9.95. The minimum absolute atomic E-state index is 0.0302. The minimum atomic E-state index is -0.552. The summed E-state index contributed by atoms with van der Waals surface area (Å²) in [7, 11) is 0. The van der Waals surface area contributed by atoms with E-state index in [1.165, 1.54) is 11.8 Å². The zero-order valence-corrected chi connectivity index (χ0v) is 16.8. The maximum atomic E-state index is 12.1. The topological polar surface area (TPSA) is 84.7 Å². The lowest BCUT2D eigenvalue weighted by molar-refractivity contribution is 0.100. The van der Waals surface area contributed by atoms with Crippen LogP contribution in [0.3, 0.4) is 0 Å². The lowest BCUT2D eigenvalue weighted by atomic mass is 9.72. The van der Waals surface area contributed by atoms with Crippen LogP contribution in [-0.4, -0.2) is 38.5 Å². The molecule has 4 rings (SSSR count). The van der Waals surface area contributed by atoms with E-state index in [2.05, 4.69) is 48.3 Å². The van der Waals surface area contributed by atoms with Gasteiger partial charge in [0.2, 0.25) is 6.29 Å². The van der Waals surface area contributed by atoms with Crippen molar-refractivity contribution in [3.63, 3.8) is 0 Å². The van der Waals surface area contributed by atoms with Gasteiger partial charge >= 0.3 is 0 Å². The Balaban J connectivity index is 1.72. The summed E-state index contributed by atoms with van der Waals surface area (Å²) in [6.07, 6.45) is 2.72. The van der Waals surface area contributed by atoms with E-state index in [4.69, 9.17) is 10.5 Å². The smallest absolute Gasteiger partial charge is 0.250 e. The molecule has 0 spiro atoms. The highest BCUT2D eigenvalue weighted by atomic mass is 16.5. The zero-order valence-electron chi connectivity index (χ0n) is 16.8. The molecule has 0 aliphatic carbocycles. The number of nitrogens with zero attached hydrogens (tertiary/aromatic N) is 1. The van der Waals surface area contributed by atoms with E-state index < -0.39 is 5.91 Å². The SMILES string of the molecule is CC1(C)CC(c2cccc(N3CCOCC3)c2)Nc2c(C(N)=O)cc([C]=O)cc21. The van der Waals surface area contributed by atoms with Crippen molar-refractivity contribution in [3.8, 4) is 0 Å². The van der Waals surface area contributed by atoms with Gasteiger partial charge in [0.15, 0.2) is 0 Å². The first kappa shape index (κ1) is 19.5. The molecule has 1 fully saturated rings. The van der Waals surface area contributed by atoms with Crippen molar-refractivity contribution in [2.45, 2.75) is 31.7 Å². The molecule has 29 heavy (non-hydrogen) atoms. The average molecular weight is 392 g/mol. The van der Waals surface area contributed by atoms with E-state index in [1.54, 1.807) is 0 Å². The highest BCUT2D eigenvalue weighted by Gasteiger charge is 2.36. The second-order valence-corrected chi connectivity index (χ2v) is 8.39. The van der Waals surface area contributed by atoms with Crippen molar-refractivity contribution in [1.82, 2.24) is 0 Å². The van der Waals surface area contributed by atoms with Crippen LogP contribution in [0.1, 0.15) is 53.4 Å². The van der Waals surface area contributed by atoms with Crippen LogP contribution in [0.25, 0.3) is 0 Å². The third-order valence-corrected chi connectivity index (χ3v) is 5.93. The number of fused-ring (bicyclic) bond motifs is 1. The van der Waals surface area contributed by atoms with Gasteiger partial charge < -0.3 is 20.7 Å². The van der Waals surface area contributed by atoms with Crippen LogP contribution in [0, 0.1) is 0 Å². The Bertz CT molecular complexity index is 948. The molecule has 1 unspecified atom stereocenters. The number of amides is 1. The molecular formula is C23H26N3O3. The Morgan fingerprint density at radius 3 is 2.69 bits per heavy atom. The normalized spacial score (nSPS) is 20.5. The number of carbonyl (C=O) groups is 1. The minimum Gasteiger partial charge on any atom is -0.378 e. The molecule has 1 saturated heterocycles. The highest BCUT2D eigenvalue weighted by Crippen LogP contribution is 2.46. The number of rotatable bonds is 4. The van der Waals surface area contributed by atoms with Crippen molar-refractivity contribution in [3.05, 3.63) is 58.7 Å². The van der Waals surface area contributed by atoms with Crippen LogP contribution in [0.4, 0.5) is 11.4 Å². The number of primary amides is 1. The van der Waals surface area contributed by atoms with Crippen molar-refractivity contribution >= 4 is 23.6 Å². The molecule has 1 radical (unpaired) electrons. The number of hydrogen-bond acceptors (Lipinski definition) is 5. The summed E-state index contributed by atoms with van der Waals surface area (Å²) in [5.74, 6) is -0.552. The van der Waals surface area contributed by atoms with E-state index in [0.717, 1.165) is 49.5 Å². The second kappa shape index (κ2) is 7.52. The van der Waals surface area contributed by atoms with Gasteiger partial charge in [-0.15, -0.1) is 0 Å². The van der Waals surface area contributed by atoms with Gasteiger partial charge in [0.25, 0.3) is 5.91 Å². The molecule has 2 aromatic carbocycles. The largest absolute Gasteiger partial charge is 0.378 e. The molecule has 6 nitrogen and oxygen atoms in total. The molecule has 0 bridgehead atoms. The standard InChI is InChI=1S/C23H26N3O3/c1-23(2)13-20(16-4-3-5-17(12-16)26-6-8-29-9-7-26)25-21-18(22(24)28)10-15(14-27)11-19(21)23/h3-5,10-12,20,25H,6-9,13H2,1-2H3,(H2,24,28).